The quantitative estimate of drug-likeness (QED) is 0.459. The smallest absolute Gasteiger partial charge is 0.262 e. The molecule has 4 rings (SSSR count). The fourth-order valence-corrected chi connectivity index (χ4v) is 5.50. The molecule has 3 aromatic rings. The molecule has 1 aliphatic rings. The van der Waals surface area contributed by atoms with Crippen LogP contribution in [0.15, 0.2) is 77.7 Å². The third kappa shape index (κ3) is 6.08. The van der Waals surface area contributed by atoms with Crippen LogP contribution in [-0.4, -0.2) is 38.3 Å². The highest BCUT2D eigenvalue weighted by atomic mass is 35.5. The van der Waals surface area contributed by atoms with Crippen molar-refractivity contribution >= 4 is 33.2 Å². The molecule has 0 saturated carbocycles. The van der Waals surface area contributed by atoms with Crippen molar-refractivity contribution in [3.8, 4) is 11.5 Å². The topological polar surface area (TPSA) is 84.9 Å². The highest BCUT2D eigenvalue weighted by Gasteiger charge is 2.30. The second kappa shape index (κ2) is 10.9. The Labute approximate surface area is 204 Å². The van der Waals surface area contributed by atoms with Crippen LogP contribution in [0.2, 0.25) is 5.02 Å². The highest BCUT2D eigenvalue weighted by Crippen LogP contribution is 2.31. The summed E-state index contributed by atoms with van der Waals surface area (Å²) in [7, 11) is -3.75. The Bertz CT molecular complexity index is 1230. The van der Waals surface area contributed by atoms with Crippen LogP contribution in [0.3, 0.4) is 0 Å². The van der Waals surface area contributed by atoms with Gasteiger partial charge in [0.05, 0.1) is 0 Å². The molecular weight excluding hydrogens is 476 g/mol. The summed E-state index contributed by atoms with van der Waals surface area (Å²) in [6, 6.07) is 21.2. The predicted molar refractivity (Wildman–Crippen MR) is 131 cm³/mol. The molecule has 0 bridgehead atoms. The lowest BCUT2D eigenvalue weighted by atomic mass is 10.2. The summed E-state index contributed by atoms with van der Waals surface area (Å²) in [5.74, 6) is 0.351. The van der Waals surface area contributed by atoms with Crippen LogP contribution >= 0.6 is 11.6 Å². The summed E-state index contributed by atoms with van der Waals surface area (Å²) < 4.78 is 38.7. The molecule has 0 atom stereocenters. The SMILES string of the molecule is O=C(COc1ccc(Cl)cc1S(=O)(=O)N1CCCC1)Nc1ccc(OCc2ccccc2)cc1. The Morgan fingerprint density at radius 1 is 0.941 bits per heavy atom. The first-order chi connectivity index (χ1) is 16.4. The van der Waals surface area contributed by atoms with Gasteiger partial charge in [0.2, 0.25) is 10.0 Å². The van der Waals surface area contributed by atoms with Crippen LogP contribution in [0, 0.1) is 0 Å². The van der Waals surface area contributed by atoms with Gasteiger partial charge in [0.15, 0.2) is 6.61 Å². The monoisotopic (exact) mass is 500 g/mol. The van der Waals surface area contributed by atoms with Crippen molar-refractivity contribution in [2.75, 3.05) is 25.0 Å². The summed E-state index contributed by atoms with van der Waals surface area (Å²) in [6.45, 7) is 1.01. The van der Waals surface area contributed by atoms with Crippen molar-refractivity contribution < 1.29 is 22.7 Å². The number of hydrogen-bond donors (Lipinski definition) is 1. The van der Waals surface area contributed by atoms with Crippen molar-refractivity contribution in [2.24, 2.45) is 0 Å². The molecular formula is C25H25ClN2O5S. The maximum absolute atomic E-state index is 13.0. The third-order valence-corrected chi connectivity index (χ3v) is 7.49. The second-order valence-electron chi connectivity index (χ2n) is 7.84. The number of hydrogen-bond acceptors (Lipinski definition) is 5. The molecule has 1 heterocycles. The van der Waals surface area contributed by atoms with E-state index in [1.165, 1.54) is 22.5 Å². The Morgan fingerprint density at radius 2 is 1.65 bits per heavy atom. The van der Waals surface area contributed by atoms with E-state index in [0.29, 0.717) is 31.1 Å². The molecule has 0 aromatic heterocycles. The van der Waals surface area contributed by atoms with Crippen molar-refractivity contribution in [2.45, 2.75) is 24.3 Å². The number of amides is 1. The zero-order valence-electron chi connectivity index (χ0n) is 18.4. The van der Waals surface area contributed by atoms with Gasteiger partial charge in [0, 0.05) is 23.8 Å². The van der Waals surface area contributed by atoms with E-state index in [-0.39, 0.29) is 22.3 Å². The van der Waals surface area contributed by atoms with E-state index in [9.17, 15) is 13.2 Å². The van der Waals surface area contributed by atoms with Gasteiger partial charge in [-0.1, -0.05) is 41.9 Å². The van der Waals surface area contributed by atoms with E-state index in [2.05, 4.69) is 5.32 Å². The number of ether oxygens (including phenoxy) is 2. The fraction of sp³-hybridized carbons (Fsp3) is 0.240. The summed E-state index contributed by atoms with van der Waals surface area (Å²) in [4.78, 5) is 12.4. The molecule has 1 aliphatic heterocycles. The molecule has 9 heteroatoms. The Balaban J connectivity index is 1.34. The maximum Gasteiger partial charge on any atom is 0.262 e. The van der Waals surface area contributed by atoms with Gasteiger partial charge in [0.1, 0.15) is 23.0 Å². The number of nitrogens with zero attached hydrogens (tertiary/aromatic N) is 1. The van der Waals surface area contributed by atoms with Crippen molar-refractivity contribution in [3.05, 3.63) is 83.4 Å². The van der Waals surface area contributed by atoms with Crippen LogP contribution in [-0.2, 0) is 21.4 Å². The van der Waals surface area contributed by atoms with Gasteiger partial charge in [-0.05, 0) is 60.9 Å². The number of carbonyl (C=O) groups is 1. The van der Waals surface area contributed by atoms with E-state index >= 15 is 0 Å². The van der Waals surface area contributed by atoms with Crippen LogP contribution in [0.5, 0.6) is 11.5 Å². The second-order valence-corrected chi connectivity index (χ2v) is 10.2. The van der Waals surface area contributed by atoms with Crippen molar-refractivity contribution in [1.82, 2.24) is 4.31 Å². The van der Waals surface area contributed by atoms with Crippen LogP contribution in [0.25, 0.3) is 0 Å². The van der Waals surface area contributed by atoms with E-state index < -0.39 is 15.9 Å². The molecule has 1 fully saturated rings. The lowest BCUT2D eigenvalue weighted by Gasteiger charge is -2.18. The molecule has 0 radical (unpaired) electrons. The summed E-state index contributed by atoms with van der Waals surface area (Å²) in [6.07, 6.45) is 1.63. The largest absolute Gasteiger partial charge is 0.489 e. The van der Waals surface area contributed by atoms with E-state index in [1.807, 2.05) is 30.3 Å². The number of nitrogens with one attached hydrogen (secondary N) is 1. The molecule has 34 heavy (non-hydrogen) atoms. The number of carbonyl (C=O) groups excluding carboxylic acids is 1. The standard InChI is InChI=1S/C25H25ClN2O5S/c26-20-8-13-23(24(16-20)34(30,31)28-14-4-5-15-28)33-18-25(29)27-21-9-11-22(12-10-21)32-17-19-6-2-1-3-7-19/h1-3,6-13,16H,4-5,14-15,17-18H2,(H,27,29). The first-order valence-corrected chi connectivity index (χ1v) is 12.7. The van der Waals surface area contributed by atoms with Crippen LogP contribution in [0.4, 0.5) is 5.69 Å². The zero-order valence-corrected chi connectivity index (χ0v) is 20.0. The average molecular weight is 501 g/mol. The minimum atomic E-state index is -3.75. The molecule has 7 nitrogen and oxygen atoms in total. The normalized spacial score (nSPS) is 14.0. The first-order valence-electron chi connectivity index (χ1n) is 10.9. The molecule has 0 spiro atoms. The first kappa shape index (κ1) is 24.1. The summed E-state index contributed by atoms with van der Waals surface area (Å²) in [5, 5.41) is 3.01. The molecule has 0 aliphatic carbocycles. The molecule has 1 N–H and O–H groups in total. The Hall–Kier alpha value is -3.07. The van der Waals surface area contributed by atoms with Gasteiger partial charge in [-0.2, -0.15) is 4.31 Å². The third-order valence-electron chi connectivity index (χ3n) is 5.33. The summed E-state index contributed by atoms with van der Waals surface area (Å²) in [5.41, 5.74) is 1.63. The van der Waals surface area contributed by atoms with Crippen molar-refractivity contribution in [3.63, 3.8) is 0 Å². The minimum Gasteiger partial charge on any atom is -0.489 e. The van der Waals surface area contributed by atoms with Crippen LogP contribution in [0.1, 0.15) is 18.4 Å². The van der Waals surface area contributed by atoms with E-state index in [1.54, 1.807) is 24.3 Å². The van der Waals surface area contributed by atoms with E-state index in [0.717, 1.165) is 18.4 Å². The average Bonchev–Trinajstić information content (AvgIpc) is 3.40. The van der Waals surface area contributed by atoms with Gasteiger partial charge in [-0.3, -0.25) is 4.79 Å². The van der Waals surface area contributed by atoms with Gasteiger partial charge in [-0.15, -0.1) is 0 Å². The lowest BCUT2D eigenvalue weighted by molar-refractivity contribution is -0.118. The molecule has 0 unspecified atom stereocenters. The van der Waals surface area contributed by atoms with Gasteiger partial charge in [-0.25, -0.2) is 8.42 Å². The van der Waals surface area contributed by atoms with Gasteiger partial charge < -0.3 is 14.8 Å². The number of anilines is 1. The Morgan fingerprint density at radius 3 is 2.35 bits per heavy atom. The van der Waals surface area contributed by atoms with Gasteiger partial charge in [0.25, 0.3) is 5.91 Å². The van der Waals surface area contributed by atoms with Crippen LogP contribution < -0.4 is 14.8 Å². The highest BCUT2D eigenvalue weighted by molar-refractivity contribution is 7.89. The lowest BCUT2D eigenvalue weighted by Crippen LogP contribution is -2.28. The van der Waals surface area contributed by atoms with Gasteiger partial charge >= 0.3 is 0 Å². The molecule has 1 saturated heterocycles. The number of rotatable bonds is 9. The summed E-state index contributed by atoms with van der Waals surface area (Å²) >= 11 is 6.04. The molecule has 178 valence electrons. The number of sulfonamides is 1. The fourth-order valence-electron chi connectivity index (χ4n) is 3.59. The maximum atomic E-state index is 13.0. The molecule has 1 amide bonds. The molecule has 3 aromatic carbocycles. The van der Waals surface area contributed by atoms with E-state index in [4.69, 9.17) is 21.1 Å². The van der Waals surface area contributed by atoms with Crippen molar-refractivity contribution in [1.29, 1.82) is 0 Å². The minimum absolute atomic E-state index is 0.0328. The zero-order chi connectivity index (χ0) is 24.0. The number of benzene rings is 3. The predicted octanol–water partition coefficient (Wildman–Crippen LogP) is 4.72. The Kier molecular flexibility index (Phi) is 7.72. The number of halogens is 1.